The molecule has 1 aromatic heterocycles. The summed E-state index contributed by atoms with van der Waals surface area (Å²) in [6.07, 6.45) is 1.89. The van der Waals surface area contributed by atoms with Crippen molar-refractivity contribution in [3.63, 3.8) is 0 Å². The summed E-state index contributed by atoms with van der Waals surface area (Å²) >= 11 is 0. The van der Waals surface area contributed by atoms with Gasteiger partial charge < -0.3 is 15.2 Å². The maximum atomic E-state index is 12.0. The summed E-state index contributed by atoms with van der Waals surface area (Å²) in [5.74, 6) is -1.84. The molecule has 8 nitrogen and oxygen atoms in total. The van der Waals surface area contributed by atoms with Crippen LogP contribution in [-0.2, 0) is 9.53 Å². The zero-order valence-corrected chi connectivity index (χ0v) is 12.5. The molecule has 120 valence electrons. The van der Waals surface area contributed by atoms with Crippen LogP contribution in [0.1, 0.15) is 41.1 Å². The molecule has 0 radical (unpaired) electrons. The maximum Gasteiger partial charge on any atom is 0.339 e. The fraction of sp³-hybridized carbons (Fsp3) is 0.429. The number of nitrogens with one attached hydrogen (secondary N) is 1. The summed E-state index contributed by atoms with van der Waals surface area (Å²) in [6, 6.07) is 1.36. The predicted octanol–water partition coefficient (Wildman–Crippen LogP) is 0.262. The zero-order chi connectivity index (χ0) is 16.5. The molecule has 1 aromatic rings. The Balaban J connectivity index is 3.07. The highest BCUT2D eigenvalue weighted by Crippen LogP contribution is 2.19. The van der Waals surface area contributed by atoms with Crippen LogP contribution in [0.5, 0.6) is 5.75 Å². The standard InChI is InChI=1S/C14H19N3O5/c1-3-5-22-10-6-9(14(20)21-4-2)8-16-12(10)13(19)17-11(18)7-15/h6,8H,3-5,7,15H2,1-2H3,(H,17,18,19). The van der Waals surface area contributed by atoms with Crippen molar-refractivity contribution in [1.82, 2.24) is 10.3 Å². The first kappa shape index (κ1) is 17.6. The fourth-order valence-electron chi connectivity index (χ4n) is 1.50. The van der Waals surface area contributed by atoms with Gasteiger partial charge in [0.05, 0.1) is 25.3 Å². The second-order valence-electron chi connectivity index (χ2n) is 4.22. The van der Waals surface area contributed by atoms with Crippen molar-refractivity contribution in [1.29, 1.82) is 0 Å². The van der Waals surface area contributed by atoms with Gasteiger partial charge in [-0.1, -0.05) is 6.92 Å². The van der Waals surface area contributed by atoms with Gasteiger partial charge in [0.25, 0.3) is 5.91 Å². The lowest BCUT2D eigenvalue weighted by molar-refractivity contribution is -0.118. The smallest absolute Gasteiger partial charge is 0.339 e. The Hall–Kier alpha value is -2.48. The van der Waals surface area contributed by atoms with Gasteiger partial charge in [-0.05, 0) is 19.4 Å². The zero-order valence-electron chi connectivity index (χ0n) is 12.5. The van der Waals surface area contributed by atoms with Crippen LogP contribution in [-0.4, -0.2) is 42.5 Å². The topological polar surface area (TPSA) is 121 Å². The van der Waals surface area contributed by atoms with Crippen LogP contribution in [0.2, 0.25) is 0 Å². The van der Waals surface area contributed by atoms with Crippen LogP contribution in [0.25, 0.3) is 0 Å². The van der Waals surface area contributed by atoms with E-state index in [2.05, 4.69) is 10.3 Å². The SMILES string of the molecule is CCCOc1cc(C(=O)OCC)cnc1C(=O)NC(=O)CN. The normalized spacial score (nSPS) is 9.95. The molecule has 0 spiro atoms. The van der Waals surface area contributed by atoms with Gasteiger partial charge in [-0.25, -0.2) is 9.78 Å². The van der Waals surface area contributed by atoms with Crippen molar-refractivity contribution in [2.75, 3.05) is 19.8 Å². The van der Waals surface area contributed by atoms with Gasteiger partial charge in [-0.2, -0.15) is 0 Å². The highest BCUT2D eigenvalue weighted by molar-refractivity contribution is 6.06. The highest BCUT2D eigenvalue weighted by atomic mass is 16.5. The Morgan fingerprint density at radius 2 is 2.05 bits per heavy atom. The van der Waals surface area contributed by atoms with Gasteiger partial charge >= 0.3 is 5.97 Å². The van der Waals surface area contributed by atoms with Crippen LogP contribution >= 0.6 is 0 Å². The number of hydrogen-bond acceptors (Lipinski definition) is 7. The molecule has 22 heavy (non-hydrogen) atoms. The minimum absolute atomic E-state index is 0.0942. The molecule has 1 heterocycles. The molecular weight excluding hydrogens is 290 g/mol. The largest absolute Gasteiger partial charge is 0.491 e. The number of nitrogens with two attached hydrogens (primary N) is 1. The Morgan fingerprint density at radius 1 is 1.32 bits per heavy atom. The third kappa shape index (κ3) is 4.81. The van der Waals surface area contributed by atoms with Crippen LogP contribution in [0.15, 0.2) is 12.3 Å². The van der Waals surface area contributed by atoms with Gasteiger partial charge in [0, 0.05) is 6.20 Å². The number of rotatable bonds is 7. The maximum absolute atomic E-state index is 12.0. The third-order valence-electron chi connectivity index (χ3n) is 2.48. The van der Waals surface area contributed by atoms with E-state index in [4.69, 9.17) is 15.2 Å². The molecule has 0 atom stereocenters. The summed E-state index contributed by atoms with van der Waals surface area (Å²) in [5, 5.41) is 2.08. The van der Waals surface area contributed by atoms with E-state index in [1.807, 2.05) is 6.92 Å². The van der Waals surface area contributed by atoms with Gasteiger partial charge in [-0.15, -0.1) is 0 Å². The van der Waals surface area contributed by atoms with E-state index in [0.717, 1.165) is 0 Å². The second kappa shape index (κ2) is 8.73. The molecule has 0 aromatic carbocycles. The molecule has 0 aliphatic heterocycles. The quantitative estimate of drug-likeness (QED) is 0.693. The number of ether oxygens (including phenoxy) is 2. The Bertz CT molecular complexity index is 559. The molecule has 0 aliphatic rings. The van der Waals surface area contributed by atoms with E-state index in [1.165, 1.54) is 12.3 Å². The molecule has 0 aliphatic carbocycles. The number of imide groups is 1. The molecule has 1 rings (SSSR count). The van der Waals surface area contributed by atoms with Gasteiger partial charge in [0.15, 0.2) is 11.4 Å². The van der Waals surface area contributed by atoms with Gasteiger partial charge in [0.2, 0.25) is 5.91 Å². The Kier molecular flexibility index (Phi) is 6.97. The van der Waals surface area contributed by atoms with Gasteiger partial charge in [-0.3, -0.25) is 14.9 Å². The molecule has 0 unspecified atom stereocenters. The first-order valence-electron chi connectivity index (χ1n) is 6.87. The minimum Gasteiger partial charge on any atom is -0.491 e. The number of amides is 2. The summed E-state index contributed by atoms with van der Waals surface area (Å²) in [5.41, 5.74) is 5.20. The number of nitrogens with zero attached hydrogens (tertiary/aromatic N) is 1. The molecule has 0 fully saturated rings. The molecular formula is C14H19N3O5. The Morgan fingerprint density at radius 3 is 2.64 bits per heavy atom. The average Bonchev–Trinajstić information content (AvgIpc) is 2.52. The number of hydrogen-bond donors (Lipinski definition) is 2. The predicted molar refractivity (Wildman–Crippen MR) is 77.5 cm³/mol. The lowest BCUT2D eigenvalue weighted by Crippen LogP contribution is -2.36. The summed E-state index contributed by atoms with van der Waals surface area (Å²) in [7, 11) is 0. The van der Waals surface area contributed by atoms with Crippen LogP contribution in [0, 0.1) is 0 Å². The fourth-order valence-corrected chi connectivity index (χ4v) is 1.50. The van der Waals surface area contributed by atoms with E-state index in [1.54, 1.807) is 6.92 Å². The minimum atomic E-state index is -0.739. The molecule has 0 saturated carbocycles. The van der Waals surface area contributed by atoms with Crippen molar-refractivity contribution >= 4 is 17.8 Å². The van der Waals surface area contributed by atoms with Crippen LogP contribution in [0.4, 0.5) is 0 Å². The summed E-state index contributed by atoms with van der Waals surface area (Å²) < 4.78 is 10.3. The van der Waals surface area contributed by atoms with Gasteiger partial charge in [0.1, 0.15) is 0 Å². The number of pyridine rings is 1. The van der Waals surface area contributed by atoms with Crippen molar-refractivity contribution in [3.05, 3.63) is 23.5 Å². The van der Waals surface area contributed by atoms with E-state index in [0.29, 0.717) is 13.0 Å². The molecule has 0 saturated heterocycles. The lowest BCUT2D eigenvalue weighted by atomic mass is 10.2. The molecule has 3 N–H and O–H groups in total. The average molecular weight is 309 g/mol. The van der Waals surface area contributed by atoms with E-state index < -0.39 is 17.8 Å². The highest BCUT2D eigenvalue weighted by Gasteiger charge is 2.19. The first-order valence-corrected chi connectivity index (χ1v) is 6.87. The van der Waals surface area contributed by atoms with Crippen LogP contribution in [0.3, 0.4) is 0 Å². The number of esters is 1. The Labute approximate surface area is 128 Å². The van der Waals surface area contributed by atoms with E-state index in [9.17, 15) is 14.4 Å². The van der Waals surface area contributed by atoms with Crippen LogP contribution < -0.4 is 15.8 Å². The van der Waals surface area contributed by atoms with Crippen molar-refractivity contribution in [2.45, 2.75) is 20.3 Å². The summed E-state index contributed by atoms with van der Waals surface area (Å²) in [6.45, 7) is 3.80. The van der Waals surface area contributed by atoms with E-state index >= 15 is 0 Å². The van der Waals surface area contributed by atoms with Crippen molar-refractivity contribution in [3.8, 4) is 5.75 Å². The molecule has 0 bridgehead atoms. The first-order chi connectivity index (χ1) is 10.5. The third-order valence-corrected chi connectivity index (χ3v) is 2.48. The number of aromatic nitrogens is 1. The monoisotopic (exact) mass is 309 g/mol. The summed E-state index contributed by atoms with van der Waals surface area (Å²) in [4.78, 5) is 38.7. The number of carbonyl (C=O) groups excluding carboxylic acids is 3. The molecule has 2 amide bonds. The molecule has 8 heteroatoms. The lowest BCUT2D eigenvalue weighted by Gasteiger charge is -2.11. The second-order valence-corrected chi connectivity index (χ2v) is 4.22. The van der Waals surface area contributed by atoms with Crippen molar-refractivity contribution in [2.24, 2.45) is 5.73 Å². The number of carbonyl (C=O) groups is 3. The van der Waals surface area contributed by atoms with Crippen molar-refractivity contribution < 1.29 is 23.9 Å². The van der Waals surface area contributed by atoms with E-state index in [-0.39, 0.29) is 30.2 Å².